The lowest BCUT2D eigenvalue weighted by atomic mass is 10.0. The number of anilines is 1. The number of ether oxygens (including phenoxy) is 1. The minimum absolute atomic E-state index is 0.188. The largest absolute Gasteiger partial charge is 0.381 e. The molecular weight excluding hydrogens is 293 g/mol. The van der Waals surface area contributed by atoms with Crippen LogP contribution in [0.1, 0.15) is 35.8 Å². The molecule has 1 atom stereocenters. The number of hydrogen-bond donors (Lipinski definition) is 1. The molecule has 23 heavy (non-hydrogen) atoms. The van der Waals surface area contributed by atoms with Crippen molar-refractivity contribution >= 4 is 5.82 Å². The monoisotopic (exact) mass is 315 g/mol. The maximum atomic E-state index is 12.9. The van der Waals surface area contributed by atoms with Gasteiger partial charge in [-0.05, 0) is 43.9 Å². The molecule has 2 aromatic rings. The Balaban J connectivity index is 1.52. The predicted octanol–water partition coefficient (Wildman–Crippen LogP) is 3.47. The van der Waals surface area contributed by atoms with E-state index in [0.717, 1.165) is 61.9 Å². The van der Waals surface area contributed by atoms with Crippen molar-refractivity contribution in [3.8, 4) is 0 Å². The van der Waals surface area contributed by atoms with Gasteiger partial charge in [0.15, 0.2) is 0 Å². The summed E-state index contributed by atoms with van der Waals surface area (Å²) in [4.78, 5) is 8.98. The highest BCUT2D eigenvalue weighted by Crippen LogP contribution is 2.25. The third-order valence-electron chi connectivity index (χ3n) is 4.07. The number of halogens is 1. The van der Waals surface area contributed by atoms with Gasteiger partial charge >= 0.3 is 0 Å². The fourth-order valence-corrected chi connectivity index (χ4v) is 2.82. The van der Waals surface area contributed by atoms with Crippen molar-refractivity contribution in [1.29, 1.82) is 0 Å². The third-order valence-corrected chi connectivity index (χ3v) is 4.07. The first-order valence-corrected chi connectivity index (χ1v) is 8.12. The summed E-state index contributed by atoms with van der Waals surface area (Å²) >= 11 is 0. The van der Waals surface area contributed by atoms with Crippen molar-refractivity contribution in [2.75, 3.05) is 25.1 Å². The Kier molecular flexibility index (Phi) is 5.18. The van der Waals surface area contributed by atoms with Crippen LogP contribution in [0.4, 0.5) is 10.2 Å². The quantitative estimate of drug-likeness (QED) is 0.829. The van der Waals surface area contributed by atoms with Gasteiger partial charge in [0.2, 0.25) is 0 Å². The van der Waals surface area contributed by atoms with E-state index < -0.39 is 0 Å². The summed E-state index contributed by atoms with van der Waals surface area (Å²) in [5, 5.41) is 3.36. The lowest BCUT2D eigenvalue weighted by molar-refractivity contribution is 0.193. The zero-order valence-electron chi connectivity index (χ0n) is 13.4. The van der Waals surface area contributed by atoms with E-state index in [0.29, 0.717) is 5.92 Å². The lowest BCUT2D eigenvalue weighted by Gasteiger charge is -2.11. The molecule has 1 aliphatic heterocycles. The number of benzene rings is 1. The number of aromatic nitrogens is 2. The molecule has 4 nitrogen and oxygen atoms in total. The van der Waals surface area contributed by atoms with Gasteiger partial charge in [0.25, 0.3) is 0 Å². The first kappa shape index (κ1) is 15.9. The molecule has 0 radical (unpaired) electrons. The molecule has 0 bridgehead atoms. The van der Waals surface area contributed by atoms with Gasteiger partial charge in [0.05, 0.1) is 12.3 Å². The highest BCUT2D eigenvalue weighted by molar-refractivity contribution is 5.37. The van der Waals surface area contributed by atoms with Gasteiger partial charge in [-0.3, -0.25) is 0 Å². The van der Waals surface area contributed by atoms with Crippen LogP contribution < -0.4 is 5.32 Å². The van der Waals surface area contributed by atoms with Gasteiger partial charge in [-0.1, -0.05) is 12.1 Å². The van der Waals surface area contributed by atoms with Gasteiger partial charge in [0, 0.05) is 25.1 Å². The molecule has 3 rings (SSSR count). The molecule has 1 aliphatic rings. The summed E-state index contributed by atoms with van der Waals surface area (Å²) in [6, 6.07) is 8.72. The van der Waals surface area contributed by atoms with Crippen LogP contribution in [0.25, 0.3) is 0 Å². The second-order valence-corrected chi connectivity index (χ2v) is 5.94. The van der Waals surface area contributed by atoms with Gasteiger partial charge < -0.3 is 10.1 Å². The highest BCUT2D eigenvalue weighted by Gasteiger charge is 2.20. The van der Waals surface area contributed by atoms with Crippen LogP contribution in [-0.4, -0.2) is 29.7 Å². The maximum Gasteiger partial charge on any atom is 0.129 e. The number of hydrogen-bond acceptors (Lipinski definition) is 4. The molecule has 0 saturated carbocycles. The van der Waals surface area contributed by atoms with Gasteiger partial charge in [0.1, 0.15) is 17.5 Å². The Bertz CT molecular complexity index is 639. The van der Waals surface area contributed by atoms with Crippen LogP contribution in [0, 0.1) is 12.7 Å². The molecule has 0 aliphatic carbocycles. The second kappa shape index (κ2) is 7.51. The lowest BCUT2D eigenvalue weighted by Crippen LogP contribution is -2.09. The third kappa shape index (κ3) is 4.48. The summed E-state index contributed by atoms with van der Waals surface area (Å²) in [6.45, 7) is 4.31. The van der Waals surface area contributed by atoms with E-state index in [-0.39, 0.29) is 5.82 Å². The van der Waals surface area contributed by atoms with Gasteiger partial charge in [-0.15, -0.1) is 0 Å². The molecule has 0 amide bonds. The predicted molar refractivity (Wildman–Crippen MR) is 88.2 cm³/mol. The van der Waals surface area contributed by atoms with Crippen LogP contribution in [0.2, 0.25) is 0 Å². The van der Waals surface area contributed by atoms with Crippen molar-refractivity contribution in [3.63, 3.8) is 0 Å². The molecule has 1 aromatic carbocycles. The van der Waals surface area contributed by atoms with Crippen LogP contribution in [-0.2, 0) is 11.2 Å². The molecular formula is C18H22FN3O. The molecule has 2 heterocycles. The Morgan fingerprint density at radius 2 is 2.09 bits per heavy atom. The number of aryl methyl sites for hydroxylation is 2. The standard InChI is InChI=1S/C18H22FN3O/c1-13-21-17(15-8-10-23-12-15)11-18(22-13)20-9-2-3-14-4-6-16(19)7-5-14/h4-7,11,15H,2-3,8-10,12H2,1H3,(H,20,21,22). The second-order valence-electron chi connectivity index (χ2n) is 5.94. The molecule has 1 fully saturated rings. The summed E-state index contributed by atoms with van der Waals surface area (Å²) in [5.74, 6) is 1.86. The molecule has 1 aromatic heterocycles. The summed E-state index contributed by atoms with van der Waals surface area (Å²) < 4.78 is 18.3. The number of nitrogens with one attached hydrogen (secondary N) is 1. The van der Waals surface area contributed by atoms with Gasteiger partial charge in [-0.25, -0.2) is 14.4 Å². The van der Waals surface area contributed by atoms with Crippen LogP contribution in [0.5, 0.6) is 0 Å². The van der Waals surface area contributed by atoms with Crippen LogP contribution in [0.15, 0.2) is 30.3 Å². The van der Waals surface area contributed by atoms with Crippen molar-refractivity contribution in [2.24, 2.45) is 0 Å². The Labute approximate surface area is 136 Å². The normalized spacial score (nSPS) is 17.4. The molecule has 5 heteroatoms. The summed E-state index contributed by atoms with van der Waals surface area (Å²) in [7, 11) is 0. The summed E-state index contributed by atoms with van der Waals surface area (Å²) in [5.41, 5.74) is 2.21. The summed E-state index contributed by atoms with van der Waals surface area (Å²) in [6.07, 6.45) is 2.91. The molecule has 0 spiro atoms. The fourth-order valence-electron chi connectivity index (χ4n) is 2.82. The van der Waals surface area contributed by atoms with Crippen molar-refractivity contribution in [2.45, 2.75) is 32.1 Å². The van der Waals surface area contributed by atoms with E-state index in [4.69, 9.17) is 4.74 Å². The first-order chi connectivity index (χ1) is 11.2. The van der Waals surface area contributed by atoms with Crippen LogP contribution >= 0.6 is 0 Å². The van der Waals surface area contributed by atoms with E-state index >= 15 is 0 Å². The smallest absolute Gasteiger partial charge is 0.129 e. The zero-order valence-corrected chi connectivity index (χ0v) is 13.4. The van der Waals surface area contributed by atoms with Crippen molar-refractivity contribution in [1.82, 2.24) is 9.97 Å². The van der Waals surface area contributed by atoms with E-state index in [1.54, 1.807) is 0 Å². The van der Waals surface area contributed by atoms with Crippen LogP contribution in [0.3, 0.4) is 0 Å². The minimum atomic E-state index is -0.188. The zero-order chi connectivity index (χ0) is 16.1. The molecule has 1 saturated heterocycles. The molecule has 122 valence electrons. The Morgan fingerprint density at radius 1 is 1.26 bits per heavy atom. The average molecular weight is 315 g/mol. The average Bonchev–Trinajstić information content (AvgIpc) is 3.07. The SMILES string of the molecule is Cc1nc(NCCCc2ccc(F)cc2)cc(C2CCOC2)n1. The number of nitrogens with zero attached hydrogens (tertiary/aromatic N) is 2. The Morgan fingerprint density at radius 3 is 2.83 bits per heavy atom. The van der Waals surface area contributed by atoms with Gasteiger partial charge in [-0.2, -0.15) is 0 Å². The van der Waals surface area contributed by atoms with E-state index in [1.807, 2.05) is 25.1 Å². The molecule has 1 N–H and O–H groups in total. The molecule has 1 unspecified atom stereocenters. The number of rotatable bonds is 6. The van der Waals surface area contributed by atoms with E-state index in [2.05, 4.69) is 15.3 Å². The first-order valence-electron chi connectivity index (χ1n) is 8.12. The van der Waals surface area contributed by atoms with E-state index in [9.17, 15) is 4.39 Å². The maximum absolute atomic E-state index is 12.9. The topological polar surface area (TPSA) is 47.0 Å². The van der Waals surface area contributed by atoms with E-state index in [1.165, 1.54) is 12.1 Å². The highest BCUT2D eigenvalue weighted by atomic mass is 19.1. The fraction of sp³-hybridized carbons (Fsp3) is 0.444. The minimum Gasteiger partial charge on any atom is -0.381 e. The van der Waals surface area contributed by atoms with Crippen molar-refractivity contribution < 1.29 is 9.13 Å². The Hall–Kier alpha value is -2.01. The van der Waals surface area contributed by atoms with Crippen molar-refractivity contribution in [3.05, 3.63) is 53.2 Å².